The maximum Gasteiger partial charge on any atom is 0.0441 e. The van der Waals surface area contributed by atoms with Gasteiger partial charge in [0.1, 0.15) is 0 Å². The highest BCUT2D eigenvalue weighted by Crippen LogP contribution is 2.41. The lowest BCUT2D eigenvalue weighted by Crippen LogP contribution is -2.27. The first kappa shape index (κ1) is 13.2. The Hall–Kier alpha value is -0.240. The fraction of sp³-hybridized carbons (Fsp3) is 0.571. The van der Waals surface area contributed by atoms with Crippen molar-refractivity contribution in [2.24, 2.45) is 5.92 Å². The highest BCUT2D eigenvalue weighted by molar-refractivity contribution is 6.33. The average Bonchev–Trinajstić information content (AvgIpc) is 2.34. The van der Waals surface area contributed by atoms with Crippen LogP contribution >= 0.6 is 23.2 Å². The molecule has 94 valence electrons. The summed E-state index contributed by atoms with van der Waals surface area (Å²) in [5.74, 6) is 1.24. The summed E-state index contributed by atoms with van der Waals surface area (Å²) in [6.45, 7) is 1.06. The molecule has 1 aliphatic carbocycles. The molecular weight excluding hydrogens is 253 g/mol. The van der Waals surface area contributed by atoms with Gasteiger partial charge in [-0.1, -0.05) is 36.0 Å². The third-order valence-electron chi connectivity index (χ3n) is 3.73. The Morgan fingerprint density at radius 2 is 2.00 bits per heavy atom. The molecule has 0 aliphatic heterocycles. The van der Waals surface area contributed by atoms with E-state index in [1.807, 2.05) is 25.2 Å². The summed E-state index contributed by atoms with van der Waals surface area (Å²) < 4.78 is 0. The Balaban J connectivity index is 2.25. The van der Waals surface area contributed by atoms with E-state index in [4.69, 9.17) is 23.2 Å². The van der Waals surface area contributed by atoms with E-state index < -0.39 is 0 Å². The van der Waals surface area contributed by atoms with Crippen molar-refractivity contribution in [3.8, 4) is 0 Å². The van der Waals surface area contributed by atoms with Gasteiger partial charge in [0.2, 0.25) is 0 Å². The number of hydrogen-bond donors (Lipinski definition) is 1. The first-order valence-electron chi connectivity index (χ1n) is 6.32. The third-order valence-corrected chi connectivity index (χ3v) is 4.31. The third kappa shape index (κ3) is 3.15. The van der Waals surface area contributed by atoms with Gasteiger partial charge in [0.05, 0.1) is 0 Å². The molecule has 0 radical (unpaired) electrons. The molecule has 1 aliphatic rings. The number of halogens is 2. The van der Waals surface area contributed by atoms with E-state index in [2.05, 4.69) is 5.32 Å². The van der Waals surface area contributed by atoms with Gasteiger partial charge in [0.25, 0.3) is 0 Å². The molecular formula is C14H19Cl2N. The second-order valence-electron chi connectivity index (χ2n) is 4.87. The Morgan fingerprint density at radius 1 is 1.24 bits per heavy atom. The number of hydrogen-bond acceptors (Lipinski definition) is 1. The molecule has 1 fully saturated rings. The summed E-state index contributed by atoms with van der Waals surface area (Å²) in [7, 11) is 2.02. The lowest BCUT2D eigenvalue weighted by molar-refractivity contribution is 0.301. The molecule has 1 saturated carbocycles. The van der Waals surface area contributed by atoms with Crippen LogP contribution in [0, 0.1) is 5.92 Å². The lowest BCUT2D eigenvalue weighted by Gasteiger charge is -2.32. The van der Waals surface area contributed by atoms with Gasteiger partial charge < -0.3 is 5.32 Å². The molecule has 2 rings (SSSR count). The first-order valence-corrected chi connectivity index (χ1v) is 7.07. The van der Waals surface area contributed by atoms with Gasteiger partial charge in [0, 0.05) is 10.0 Å². The van der Waals surface area contributed by atoms with Crippen LogP contribution in [0.4, 0.5) is 0 Å². The second kappa shape index (κ2) is 6.08. The predicted octanol–water partition coefficient (Wildman–Crippen LogP) is 4.49. The molecule has 0 spiro atoms. The van der Waals surface area contributed by atoms with E-state index in [-0.39, 0.29) is 0 Å². The summed E-state index contributed by atoms with van der Waals surface area (Å²) in [4.78, 5) is 0. The lowest BCUT2D eigenvalue weighted by atomic mass is 9.75. The molecule has 1 aromatic carbocycles. The maximum atomic E-state index is 6.32. The average molecular weight is 272 g/mol. The van der Waals surface area contributed by atoms with E-state index in [9.17, 15) is 0 Å². The van der Waals surface area contributed by atoms with Gasteiger partial charge in [-0.2, -0.15) is 0 Å². The summed E-state index contributed by atoms with van der Waals surface area (Å²) in [6.07, 6.45) is 5.15. The van der Waals surface area contributed by atoms with E-state index in [0.717, 1.165) is 16.6 Å². The van der Waals surface area contributed by atoms with Crippen molar-refractivity contribution in [1.29, 1.82) is 0 Å². The Morgan fingerprint density at radius 3 is 2.76 bits per heavy atom. The Bertz CT molecular complexity index is 376. The molecule has 1 nitrogen and oxygen atoms in total. The molecule has 3 heteroatoms. The van der Waals surface area contributed by atoms with E-state index in [1.165, 1.54) is 31.2 Å². The molecule has 2 unspecified atom stereocenters. The van der Waals surface area contributed by atoms with Crippen molar-refractivity contribution >= 4 is 23.2 Å². The van der Waals surface area contributed by atoms with Crippen LogP contribution in [0.15, 0.2) is 18.2 Å². The minimum Gasteiger partial charge on any atom is -0.319 e. The van der Waals surface area contributed by atoms with Gasteiger partial charge in [0.15, 0.2) is 0 Å². The van der Waals surface area contributed by atoms with Crippen molar-refractivity contribution in [2.45, 2.75) is 31.6 Å². The Labute approximate surface area is 114 Å². The van der Waals surface area contributed by atoms with Gasteiger partial charge in [-0.15, -0.1) is 0 Å². The van der Waals surface area contributed by atoms with Crippen molar-refractivity contribution in [3.63, 3.8) is 0 Å². The maximum absolute atomic E-state index is 6.32. The summed E-state index contributed by atoms with van der Waals surface area (Å²) >= 11 is 12.4. The molecule has 0 bridgehead atoms. The minimum atomic E-state index is 0.558. The molecule has 0 saturated heterocycles. The molecule has 1 aromatic rings. The Kier molecular flexibility index (Phi) is 4.72. The second-order valence-corrected chi connectivity index (χ2v) is 5.72. The van der Waals surface area contributed by atoms with Crippen LogP contribution < -0.4 is 5.32 Å². The molecule has 0 aromatic heterocycles. The fourth-order valence-corrected chi connectivity index (χ4v) is 3.36. The van der Waals surface area contributed by atoms with Crippen LogP contribution in [-0.4, -0.2) is 13.6 Å². The SMILES string of the molecule is CNCC1CCCCC1c1cc(Cl)ccc1Cl. The van der Waals surface area contributed by atoms with E-state index >= 15 is 0 Å². The largest absolute Gasteiger partial charge is 0.319 e. The van der Waals surface area contributed by atoms with Crippen LogP contribution in [-0.2, 0) is 0 Å². The van der Waals surface area contributed by atoms with Gasteiger partial charge in [-0.25, -0.2) is 0 Å². The summed E-state index contributed by atoms with van der Waals surface area (Å²) in [5.41, 5.74) is 1.24. The highest BCUT2D eigenvalue weighted by atomic mass is 35.5. The monoisotopic (exact) mass is 271 g/mol. The van der Waals surface area contributed by atoms with Crippen LogP contribution in [0.2, 0.25) is 10.0 Å². The smallest absolute Gasteiger partial charge is 0.0441 e. The summed E-state index contributed by atoms with van der Waals surface area (Å²) in [6, 6.07) is 5.83. The first-order chi connectivity index (χ1) is 8.22. The van der Waals surface area contributed by atoms with Crippen molar-refractivity contribution < 1.29 is 0 Å². The van der Waals surface area contributed by atoms with Crippen LogP contribution in [0.3, 0.4) is 0 Å². The predicted molar refractivity (Wildman–Crippen MR) is 75.1 cm³/mol. The quantitative estimate of drug-likeness (QED) is 0.855. The van der Waals surface area contributed by atoms with Gasteiger partial charge in [-0.05, 0) is 62.0 Å². The fourth-order valence-electron chi connectivity index (χ4n) is 2.92. The number of nitrogens with one attached hydrogen (secondary N) is 1. The zero-order valence-corrected chi connectivity index (χ0v) is 11.7. The zero-order valence-electron chi connectivity index (χ0n) is 10.2. The van der Waals surface area contributed by atoms with Crippen LogP contribution in [0.25, 0.3) is 0 Å². The standard InChI is InChI=1S/C14H19Cl2N/c1-17-9-10-4-2-3-5-12(10)13-8-11(15)6-7-14(13)16/h6-8,10,12,17H,2-5,9H2,1H3. The molecule has 1 N–H and O–H groups in total. The van der Waals surface area contributed by atoms with Crippen molar-refractivity contribution in [2.75, 3.05) is 13.6 Å². The van der Waals surface area contributed by atoms with E-state index in [0.29, 0.717) is 11.8 Å². The molecule has 0 heterocycles. The zero-order chi connectivity index (χ0) is 12.3. The van der Waals surface area contributed by atoms with E-state index in [1.54, 1.807) is 0 Å². The molecule has 2 atom stereocenters. The number of rotatable bonds is 3. The minimum absolute atomic E-state index is 0.558. The van der Waals surface area contributed by atoms with Crippen molar-refractivity contribution in [3.05, 3.63) is 33.8 Å². The van der Waals surface area contributed by atoms with Crippen molar-refractivity contribution in [1.82, 2.24) is 5.32 Å². The van der Waals surface area contributed by atoms with Crippen LogP contribution in [0.5, 0.6) is 0 Å². The normalized spacial score (nSPS) is 24.9. The topological polar surface area (TPSA) is 12.0 Å². The van der Waals surface area contributed by atoms with Gasteiger partial charge >= 0.3 is 0 Å². The highest BCUT2D eigenvalue weighted by Gasteiger charge is 2.27. The van der Waals surface area contributed by atoms with Crippen LogP contribution in [0.1, 0.15) is 37.2 Å². The molecule has 0 amide bonds. The van der Waals surface area contributed by atoms with Gasteiger partial charge in [-0.3, -0.25) is 0 Å². The number of benzene rings is 1. The molecule has 17 heavy (non-hydrogen) atoms. The summed E-state index contributed by atoms with van der Waals surface area (Å²) in [5, 5.41) is 4.95.